The van der Waals surface area contributed by atoms with Crippen LogP contribution in [0.5, 0.6) is 0 Å². The van der Waals surface area contributed by atoms with E-state index in [1.54, 1.807) is 29.3 Å². The molecule has 0 aliphatic carbocycles. The normalized spacial score (nSPS) is 11.4. The van der Waals surface area contributed by atoms with E-state index >= 15 is 0 Å². The quantitative estimate of drug-likeness (QED) is 0.852. The van der Waals surface area contributed by atoms with Crippen molar-refractivity contribution in [3.63, 3.8) is 0 Å². The Morgan fingerprint density at radius 3 is 2.44 bits per heavy atom. The van der Waals surface area contributed by atoms with Crippen molar-refractivity contribution in [1.82, 2.24) is 0 Å². The molecule has 1 heterocycles. The summed E-state index contributed by atoms with van der Waals surface area (Å²) in [5.74, 6) is 0. The zero-order valence-electron chi connectivity index (χ0n) is 9.58. The molecule has 0 aliphatic rings. The Bertz CT molecular complexity index is 633. The smallest absolute Gasteiger partial charge is 0.271 e. The van der Waals surface area contributed by atoms with Crippen LogP contribution in [-0.4, -0.2) is 14.7 Å². The van der Waals surface area contributed by atoms with E-state index in [4.69, 9.17) is 5.73 Å². The highest BCUT2D eigenvalue weighted by Gasteiger charge is 2.16. The van der Waals surface area contributed by atoms with Gasteiger partial charge in [0.2, 0.25) is 0 Å². The number of thioether (sulfide) groups is 1. The van der Waals surface area contributed by atoms with Crippen molar-refractivity contribution in [3.05, 3.63) is 35.7 Å². The first-order valence-electron chi connectivity index (χ1n) is 5.02. The fourth-order valence-electron chi connectivity index (χ4n) is 1.34. The molecule has 0 saturated heterocycles. The van der Waals surface area contributed by atoms with Gasteiger partial charge in [-0.15, -0.1) is 23.1 Å². The van der Waals surface area contributed by atoms with E-state index in [0.717, 1.165) is 16.2 Å². The third kappa shape index (κ3) is 2.98. The average Bonchev–Trinajstić information content (AvgIpc) is 2.77. The van der Waals surface area contributed by atoms with Crippen molar-refractivity contribution in [3.8, 4) is 0 Å². The summed E-state index contributed by atoms with van der Waals surface area (Å²) >= 11 is 2.71. The summed E-state index contributed by atoms with van der Waals surface area (Å²) < 4.78 is 26.7. The SMILES string of the molecule is CSc1ccc(NS(=O)(=O)c2cc(N)cs2)cc1. The van der Waals surface area contributed by atoms with Crippen molar-refractivity contribution in [1.29, 1.82) is 0 Å². The molecule has 0 bridgehead atoms. The Hall–Kier alpha value is -1.18. The molecule has 0 amide bonds. The van der Waals surface area contributed by atoms with Gasteiger partial charge in [0.15, 0.2) is 0 Å². The number of hydrogen-bond donors (Lipinski definition) is 2. The van der Waals surface area contributed by atoms with Crippen LogP contribution in [0.15, 0.2) is 44.8 Å². The number of sulfonamides is 1. The number of nitrogens with two attached hydrogens (primary N) is 1. The van der Waals surface area contributed by atoms with Gasteiger partial charge < -0.3 is 5.73 Å². The molecule has 2 rings (SSSR count). The molecular weight excluding hydrogens is 288 g/mol. The lowest BCUT2D eigenvalue weighted by Crippen LogP contribution is -2.11. The van der Waals surface area contributed by atoms with Crippen molar-refractivity contribution >= 4 is 44.5 Å². The molecule has 0 unspecified atom stereocenters. The topological polar surface area (TPSA) is 72.2 Å². The standard InChI is InChI=1S/C11H12N2O2S3/c1-16-10-4-2-9(3-5-10)13-18(14,15)11-6-8(12)7-17-11/h2-7,13H,12H2,1H3. The van der Waals surface area contributed by atoms with Gasteiger partial charge in [-0.1, -0.05) is 0 Å². The third-order valence-corrected chi connectivity index (χ3v) is 5.79. The molecule has 7 heteroatoms. The van der Waals surface area contributed by atoms with E-state index in [0.29, 0.717) is 11.4 Å². The van der Waals surface area contributed by atoms with Crippen LogP contribution in [-0.2, 0) is 10.0 Å². The van der Waals surface area contributed by atoms with E-state index in [9.17, 15) is 8.42 Å². The first-order chi connectivity index (χ1) is 8.51. The van der Waals surface area contributed by atoms with E-state index in [-0.39, 0.29) is 4.21 Å². The number of benzene rings is 1. The van der Waals surface area contributed by atoms with Crippen LogP contribution >= 0.6 is 23.1 Å². The van der Waals surface area contributed by atoms with Crippen LogP contribution in [0.4, 0.5) is 11.4 Å². The second-order valence-electron chi connectivity index (χ2n) is 3.53. The number of hydrogen-bond acceptors (Lipinski definition) is 5. The maximum Gasteiger partial charge on any atom is 0.271 e. The minimum absolute atomic E-state index is 0.217. The highest BCUT2D eigenvalue weighted by Crippen LogP contribution is 2.25. The zero-order valence-corrected chi connectivity index (χ0v) is 12.0. The minimum Gasteiger partial charge on any atom is -0.398 e. The molecule has 96 valence electrons. The predicted octanol–water partition coefficient (Wildman–Crippen LogP) is 2.85. The van der Waals surface area contributed by atoms with Crippen LogP contribution in [0, 0.1) is 0 Å². The van der Waals surface area contributed by atoms with Gasteiger partial charge in [0.1, 0.15) is 4.21 Å². The number of nitrogens with one attached hydrogen (secondary N) is 1. The maximum atomic E-state index is 12.0. The lowest BCUT2D eigenvalue weighted by Gasteiger charge is -2.06. The van der Waals surface area contributed by atoms with Crippen LogP contribution in [0.1, 0.15) is 0 Å². The minimum atomic E-state index is -3.53. The molecular formula is C11H12N2O2S3. The summed E-state index contributed by atoms with van der Waals surface area (Å²) in [7, 11) is -3.53. The highest BCUT2D eigenvalue weighted by molar-refractivity contribution is 7.98. The summed E-state index contributed by atoms with van der Waals surface area (Å²) in [5, 5.41) is 1.60. The maximum absolute atomic E-state index is 12.0. The van der Waals surface area contributed by atoms with Crippen molar-refractivity contribution < 1.29 is 8.42 Å². The Morgan fingerprint density at radius 1 is 1.28 bits per heavy atom. The molecule has 18 heavy (non-hydrogen) atoms. The number of anilines is 2. The fourth-order valence-corrected chi connectivity index (χ4v) is 3.88. The van der Waals surface area contributed by atoms with Gasteiger partial charge in [-0.2, -0.15) is 0 Å². The summed E-state index contributed by atoms with van der Waals surface area (Å²) in [6.45, 7) is 0. The molecule has 1 aromatic carbocycles. The fraction of sp³-hybridized carbons (Fsp3) is 0.0909. The first-order valence-corrected chi connectivity index (χ1v) is 8.61. The molecule has 3 N–H and O–H groups in total. The Labute approximate surface area is 114 Å². The largest absolute Gasteiger partial charge is 0.398 e. The lowest BCUT2D eigenvalue weighted by atomic mass is 10.3. The van der Waals surface area contributed by atoms with Crippen molar-refractivity contribution in [2.45, 2.75) is 9.10 Å². The van der Waals surface area contributed by atoms with Gasteiger partial charge >= 0.3 is 0 Å². The van der Waals surface area contributed by atoms with Gasteiger partial charge in [0, 0.05) is 21.7 Å². The average molecular weight is 300 g/mol. The van der Waals surface area contributed by atoms with Crippen LogP contribution in [0.2, 0.25) is 0 Å². The summed E-state index contributed by atoms with van der Waals surface area (Å²) in [6.07, 6.45) is 1.97. The van der Waals surface area contributed by atoms with E-state index in [2.05, 4.69) is 4.72 Å². The molecule has 1 aromatic heterocycles. The number of rotatable bonds is 4. The lowest BCUT2D eigenvalue weighted by molar-refractivity contribution is 0.603. The number of thiophene rings is 1. The summed E-state index contributed by atoms with van der Waals surface area (Å²) in [4.78, 5) is 1.08. The molecule has 0 radical (unpaired) electrons. The van der Waals surface area contributed by atoms with Gasteiger partial charge in [0.05, 0.1) is 0 Å². The second-order valence-corrected chi connectivity index (χ2v) is 7.23. The number of nitrogen functional groups attached to an aromatic ring is 1. The Morgan fingerprint density at radius 2 is 1.94 bits per heavy atom. The third-order valence-electron chi connectivity index (χ3n) is 2.20. The summed E-state index contributed by atoms with van der Waals surface area (Å²) in [5.41, 5.74) is 6.52. The summed E-state index contributed by atoms with van der Waals surface area (Å²) in [6, 6.07) is 8.65. The first kappa shape index (κ1) is 13.3. The van der Waals surface area contributed by atoms with Crippen molar-refractivity contribution in [2.75, 3.05) is 16.7 Å². The highest BCUT2D eigenvalue weighted by atomic mass is 32.2. The van der Waals surface area contributed by atoms with E-state index < -0.39 is 10.0 Å². The van der Waals surface area contributed by atoms with Gasteiger partial charge in [-0.05, 0) is 36.6 Å². The Balaban J connectivity index is 2.22. The molecule has 2 aromatic rings. The molecule has 0 aliphatic heterocycles. The van der Waals surface area contributed by atoms with E-state index in [1.807, 2.05) is 18.4 Å². The van der Waals surface area contributed by atoms with Crippen LogP contribution in [0.3, 0.4) is 0 Å². The van der Waals surface area contributed by atoms with E-state index in [1.165, 1.54) is 6.07 Å². The van der Waals surface area contributed by atoms with Crippen molar-refractivity contribution in [2.24, 2.45) is 0 Å². The molecule has 0 atom stereocenters. The molecule has 0 fully saturated rings. The Kier molecular flexibility index (Phi) is 3.84. The predicted molar refractivity (Wildman–Crippen MR) is 77.8 cm³/mol. The zero-order chi connectivity index (χ0) is 13.2. The molecule has 0 saturated carbocycles. The monoisotopic (exact) mass is 300 g/mol. The van der Waals surface area contributed by atoms with Crippen LogP contribution < -0.4 is 10.5 Å². The van der Waals surface area contributed by atoms with Gasteiger partial charge in [-0.3, -0.25) is 4.72 Å². The molecule has 0 spiro atoms. The second kappa shape index (κ2) is 5.21. The van der Waals surface area contributed by atoms with Crippen LogP contribution in [0.25, 0.3) is 0 Å². The van der Waals surface area contributed by atoms with Gasteiger partial charge in [0.25, 0.3) is 10.0 Å². The molecule has 4 nitrogen and oxygen atoms in total. The van der Waals surface area contributed by atoms with Gasteiger partial charge in [-0.25, -0.2) is 8.42 Å².